The molecule has 1 aromatic heterocycles. The maximum absolute atomic E-state index is 13.5. The zero-order chi connectivity index (χ0) is 11.0. The highest BCUT2D eigenvalue weighted by molar-refractivity contribution is 6.31. The van der Waals surface area contributed by atoms with E-state index in [1.54, 1.807) is 6.07 Å². The molecule has 15 heavy (non-hydrogen) atoms. The number of hydrogen-bond acceptors (Lipinski definition) is 2. The van der Waals surface area contributed by atoms with Crippen LogP contribution < -0.4 is 5.32 Å². The van der Waals surface area contributed by atoms with E-state index in [0.717, 1.165) is 5.39 Å². The molecular formula is C11H11ClFNO. The van der Waals surface area contributed by atoms with Gasteiger partial charge in [0.2, 0.25) is 0 Å². The molecule has 0 aliphatic carbocycles. The molecule has 1 aromatic carbocycles. The van der Waals surface area contributed by atoms with E-state index in [1.165, 1.54) is 6.07 Å². The molecule has 2 nitrogen and oxygen atoms in total. The third kappa shape index (κ3) is 1.73. The van der Waals surface area contributed by atoms with Crippen molar-refractivity contribution in [3.05, 3.63) is 34.8 Å². The molecule has 1 unspecified atom stereocenters. The average molecular weight is 228 g/mol. The Morgan fingerprint density at radius 1 is 1.47 bits per heavy atom. The van der Waals surface area contributed by atoms with E-state index in [1.807, 2.05) is 20.0 Å². The normalized spacial score (nSPS) is 13.3. The van der Waals surface area contributed by atoms with Crippen molar-refractivity contribution >= 4 is 22.6 Å². The lowest BCUT2D eigenvalue weighted by atomic mass is 10.2. The molecule has 0 spiro atoms. The summed E-state index contributed by atoms with van der Waals surface area (Å²) in [5, 5.41) is 3.84. The van der Waals surface area contributed by atoms with Gasteiger partial charge in [0, 0.05) is 5.39 Å². The van der Waals surface area contributed by atoms with Gasteiger partial charge >= 0.3 is 0 Å². The quantitative estimate of drug-likeness (QED) is 0.850. The van der Waals surface area contributed by atoms with Crippen LogP contribution in [0.15, 0.2) is 22.6 Å². The van der Waals surface area contributed by atoms with Gasteiger partial charge in [0.25, 0.3) is 0 Å². The van der Waals surface area contributed by atoms with E-state index in [9.17, 15) is 4.39 Å². The lowest BCUT2D eigenvalue weighted by Crippen LogP contribution is -2.10. The summed E-state index contributed by atoms with van der Waals surface area (Å²) in [4.78, 5) is 0. The molecule has 0 aliphatic rings. The van der Waals surface area contributed by atoms with Crippen LogP contribution in [0, 0.1) is 5.82 Å². The Kier molecular flexibility index (Phi) is 2.67. The number of furan rings is 1. The topological polar surface area (TPSA) is 25.2 Å². The second kappa shape index (κ2) is 3.83. The van der Waals surface area contributed by atoms with Crippen molar-refractivity contribution < 1.29 is 8.81 Å². The van der Waals surface area contributed by atoms with Crippen LogP contribution in [-0.2, 0) is 0 Å². The van der Waals surface area contributed by atoms with Crippen molar-refractivity contribution in [3.63, 3.8) is 0 Å². The minimum atomic E-state index is -0.497. The van der Waals surface area contributed by atoms with Crippen molar-refractivity contribution in [3.8, 4) is 0 Å². The van der Waals surface area contributed by atoms with Crippen molar-refractivity contribution in [2.45, 2.75) is 13.0 Å². The summed E-state index contributed by atoms with van der Waals surface area (Å²) < 4.78 is 18.9. The van der Waals surface area contributed by atoms with E-state index in [0.29, 0.717) is 5.76 Å². The Morgan fingerprint density at radius 2 is 2.20 bits per heavy atom. The highest BCUT2D eigenvalue weighted by Gasteiger charge is 2.14. The fraction of sp³-hybridized carbons (Fsp3) is 0.273. The van der Waals surface area contributed by atoms with Gasteiger partial charge in [0.15, 0.2) is 11.4 Å². The number of hydrogen-bond donors (Lipinski definition) is 1. The highest BCUT2D eigenvalue weighted by Crippen LogP contribution is 2.29. The molecule has 2 rings (SSSR count). The lowest BCUT2D eigenvalue weighted by Gasteiger charge is -2.04. The fourth-order valence-corrected chi connectivity index (χ4v) is 1.57. The van der Waals surface area contributed by atoms with Crippen LogP contribution in [-0.4, -0.2) is 7.05 Å². The van der Waals surface area contributed by atoms with Crippen LogP contribution in [0.2, 0.25) is 5.02 Å². The summed E-state index contributed by atoms with van der Waals surface area (Å²) in [6.07, 6.45) is 0. The van der Waals surface area contributed by atoms with E-state index in [-0.39, 0.29) is 16.6 Å². The SMILES string of the molecule is CNC(C)c1cc2ccc(Cl)c(F)c2o1. The van der Waals surface area contributed by atoms with Gasteiger partial charge in [-0.05, 0) is 32.2 Å². The Hall–Kier alpha value is -1.06. The first-order chi connectivity index (χ1) is 7.13. The van der Waals surface area contributed by atoms with Gasteiger partial charge < -0.3 is 9.73 Å². The van der Waals surface area contributed by atoms with Gasteiger partial charge in [-0.25, -0.2) is 4.39 Å². The van der Waals surface area contributed by atoms with Crippen LogP contribution in [0.3, 0.4) is 0 Å². The molecular weight excluding hydrogens is 217 g/mol. The first-order valence-electron chi connectivity index (χ1n) is 4.68. The predicted molar refractivity (Wildman–Crippen MR) is 58.7 cm³/mol. The summed E-state index contributed by atoms with van der Waals surface area (Å²) in [6.45, 7) is 1.94. The molecule has 1 N–H and O–H groups in total. The fourth-order valence-electron chi connectivity index (χ4n) is 1.42. The Bertz CT molecular complexity index is 495. The average Bonchev–Trinajstić information content (AvgIpc) is 2.67. The van der Waals surface area contributed by atoms with Gasteiger partial charge in [-0.3, -0.25) is 0 Å². The number of nitrogens with one attached hydrogen (secondary N) is 1. The molecule has 80 valence electrons. The van der Waals surface area contributed by atoms with Gasteiger partial charge in [-0.2, -0.15) is 0 Å². The maximum atomic E-state index is 13.5. The number of benzene rings is 1. The monoisotopic (exact) mass is 227 g/mol. The van der Waals surface area contributed by atoms with Crippen LogP contribution in [0.5, 0.6) is 0 Å². The van der Waals surface area contributed by atoms with Gasteiger partial charge in [-0.15, -0.1) is 0 Å². The Balaban J connectivity index is 2.61. The molecule has 0 aliphatic heterocycles. The Morgan fingerprint density at radius 3 is 2.87 bits per heavy atom. The van der Waals surface area contributed by atoms with Crippen LogP contribution in [0.25, 0.3) is 11.0 Å². The van der Waals surface area contributed by atoms with Gasteiger partial charge in [0.05, 0.1) is 11.1 Å². The van der Waals surface area contributed by atoms with Crippen molar-refractivity contribution in [2.24, 2.45) is 0 Å². The van der Waals surface area contributed by atoms with Gasteiger partial charge in [0.1, 0.15) is 5.76 Å². The molecule has 2 aromatic rings. The molecule has 0 saturated heterocycles. The molecule has 1 heterocycles. The number of rotatable bonds is 2. The van der Waals surface area contributed by atoms with Crippen LogP contribution in [0.4, 0.5) is 4.39 Å². The maximum Gasteiger partial charge on any atom is 0.184 e. The van der Waals surface area contributed by atoms with E-state index >= 15 is 0 Å². The zero-order valence-corrected chi connectivity index (χ0v) is 9.23. The van der Waals surface area contributed by atoms with E-state index in [4.69, 9.17) is 16.0 Å². The molecule has 1 atom stereocenters. The second-order valence-electron chi connectivity index (χ2n) is 3.44. The van der Waals surface area contributed by atoms with Gasteiger partial charge in [-0.1, -0.05) is 11.6 Å². The molecule has 0 fully saturated rings. The second-order valence-corrected chi connectivity index (χ2v) is 3.85. The molecule has 0 bridgehead atoms. The summed E-state index contributed by atoms with van der Waals surface area (Å²) >= 11 is 5.66. The Labute approximate surface area is 92.0 Å². The first kappa shape index (κ1) is 10.5. The van der Waals surface area contributed by atoms with Crippen molar-refractivity contribution in [1.82, 2.24) is 5.32 Å². The third-order valence-electron chi connectivity index (χ3n) is 2.46. The smallest absolute Gasteiger partial charge is 0.184 e. The highest BCUT2D eigenvalue weighted by atomic mass is 35.5. The van der Waals surface area contributed by atoms with Crippen LogP contribution >= 0.6 is 11.6 Å². The van der Waals surface area contributed by atoms with E-state index in [2.05, 4.69) is 5.32 Å². The minimum absolute atomic E-state index is 0.0515. The van der Waals surface area contributed by atoms with Crippen molar-refractivity contribution in [2.75, 3.05) is 7.05 Å². The molecule has 0 radical (unpaired) electrons. The third-order valence-corrected chi connectivity index (χ3v) is 2.75. The molecule has 0 amide bonds. The van der Waals surface area contributed by atoms with Crippen molar-refractivity contribution in [1.29, 1.82) is 0 Å². The standard InChI is InChI=1S/C11H11ClFNO/c1-6(14-2)9-5-7-3-4-8(12)10(13)11(7)15-9/h3-6,14H,1-2H3. The van der Waals surface area contributed by atoms with E-state index < -0.39 is 5.82 Å². The van der Waals surface area contributed by atoms with Crippen LogP contribution in [0.1, 0.15) is 18.7 Å². The largest absolute Gasteiger partial charge is 0.456 e. The minimum Gasteiger partial charge on any atom is -0.456 e. The summed E-state index contributed by atoms with van der Waals surface area (Å²) in [6, 6.07) is 5.14. The zero-order valence-electron chi connectivity index (χ0n) is 8.47. The number of halogens is 2. The predicted octanol–water partition coefficient (Wildman–Crippen LogP) is 3.51. The molecule has 0 saturated carbocycles. The first-order valence-corrected chi connectivity index (χ1v) is 5.06. The summed E-state index contributed by atoms with van der Waals surface area (Å²) in [5.74, 6) is 0.206. The lowest BCUT2D eigenvalue weighted by molar-refractivity contribution is 0.462. The summed E-state index contributed by atoms with van der Waals surface area (Å²) in [7, 11) is 1.82. The molecule has 4 heteroatoms. The number of fused-ring (bicyclic) bond motifs is 1. The summed E-state index contributed by atoms with van der Waals surface area (Å²) in [5.41, 5.74) is 0.222.